The Morgan fingerprint density at radius 2 is 2.06 bits per heavy atom. The van der Waals surface area contributed by atoms with Crippen LogP contribution < -0.4 is 5.43 Å². The van der Waals surface area contributed by atoms with Gasteiger partial charge in [0.25, 0.3) is 5.78 Å². The summed E-state index contributed by atoms with van der Waals surface area (Å²) in [6.07, 6.45) is -4.89. The molecule has 0 aliphatic carbocycles. The molecule has 17 heavy (non-hydrogen) atoms. The highest BCUT2D eigenvalue weighted by molar-refractivity contribution is 6.31. The Hall–Kier alpha value is -1.63. The Kier molecular flexibility index (Phi) is 4.06. The third-order valence-electron chi connectivity index (χ3n) is 1.57. The van der Waals surface area contributed by atoms with Gasteiger partial charge in [0.15, 0.2) is 0 Å². The summed E-state index contributed by atoms with van der Waals surface area (Å²) in [5.74, 6) is -2.77. The number of alkyl halides is 3. The fourth-order valence-electron chi connectivity index (χ4n) is 0.804. The molecule has 3 nitrogen and oxygen atoms in total. The van der Waals surface area contributed by atoms with Crippen molar-refractivity contribution < 1.29 is 22.4 Å². The second kappa shape index (κ2) is 5.13. The first-order chi connectivity index (χ1) is 7.80. The molecule has 1 aromatic carbocycles. The zero-order valence-corrected chi connectivity index (χ0v) is 8.81. The van der Waals surface area contributed by atoms with Gasteiger partial charge in [-0.1, -0.05) is 11.6 Å². The number of hydrogen-bond donors (Lipinski definition) is 1. The number of nitrogens with zero attached hydrogens (tertiary/aromatic N) is 1. The molecule has 0 heterocycles. The molecule has 0 spiro atoms. The minimum atomic E-state index is -4.97. The minimum Gasteiger partial charge on any atom is -0.283 e. The lowest BCUT2D eigenvalue weighted by Crippen LogP contribution is -2.23. The largest absolute Gasteiger partial charge is 0.455 e. The van der Waals surface area contributed by atoms with Gasteiger partial charge in [0.1, 0.15) is 5.82 Å². The molecule has 0 fully saturated rings. The molecular formula is C9H5ClF4N2O. The van der Waals surface area contributed by atoms with Crippen LogP contribution >= 0.6 is 11.6 Å². The second-order valence-corrected chi connectivity index (χ2v) is 3.27. The summed E-state index contributed by atoms with van der Waals surface area (Å²) in [4.78, 5) is 10.4. The number of hydrogen-bond acceptors (Lipinski definition) is 3. The first kappa shape index (κ1) is 13.4. The molecular weight excluding hydrogens is 264 g/mol. The van der Waals surface area contributed by atoms with Gasteiger partial charge in [0.2, 0.25) is 0 Å². The molecule has 0 aliphatic heterocycles. The molecule has 0 amide bonds. The zero-order valence-electron chi connectivity index (χ0n) is 8.05. The van der Waals surface area contributed by atoms with Crippen molar-refractivity contribution in [3.8, 4) is 0 Å². The number of nitrogens with one attached hydrogen (secondary N) is 1. The van der Waals surface area contributed by atoms with E-state index in [2.05, 4.69) is 10.5 Å². The van der Waals surface area contributed by atoms with Gasteiger partial charge in [0.05, 0.1) is 16.9 Å². The first-order valence-corrected chi connectivity index (χ1v) is 4.54. The van der Waals surface area contributed by atoms with Crippen molar-refractivity contribution in [1.82, 2.24) is 0 Å². The van der Waals surface area contributed by atoms with Crippen LogP contribution in [0, 0.1) is 5.82 Å². The van der Waals surface area contributed by atoms with E-state index >= 15 is 0 Å². The third-order valence-corrected chi connectivity index (χ3v) is 1.86. The SMILES string of the molecule is O=C(C=NNc1ccc(F)c(Cl)c1)C(F)(F)F. The molecule has 0 aromatic heterocycles. The molecule has 0 saturated heterocycles. The fraction of sp³-hybridized carbons (Fsp3) is 0.111. The molecule has 0 unspecified atom stereocenters. The van der Waals surface area contributed by atoms with E-state index in [1.54, 1.807) is 0 Å². The number of halogens is 5. The summed E-state index contributed by atoms with van der Waals surface area (Å²) in [5.41, 5.74) is 2.27. The van der Waals surface area contributed by atoms with Crippen LogP contribution in [0.4, 0.5) is 23.2 Å². The molecule has 1 N–H and O–H groups in total. The fourth-order valence-corrected chi connectivity index (χ4v) is 0.985. The molecule has 0 saturated carbocycles. The quantitative estimate of drug-likeness (QED) is 0.520. The first-order valence-electron chi connectivity index (χ1n) is 4.16. The van der Waals surface area contributed by atoms with Crippen molar-refractivity contribution in [3.05, 3.63) is 29.0 Å². The third kappa shape index (κ3) is 4.03. The normalized spacial score (nSPS) is 11.8. The molecule has 0 atom stereocenters. The molecule has 8 heteroatoms. The molecule has 1 rings (SSSR count). The number of anilines is 1. The van der Waals surface area contributed by atoms with Crippen LogP contribution in [-0.2, 0) is 4.79 Å². The number of carbonyl (C=O) groups is 1. The summed E-state index contributed by atoms with van der Waals surface area (Å²) >= 11 is 5.41. The summed E-state index contributed by atoms with van der Waals surface area (Å²) < 4.78 is 48.0. The van der Waals surface area contributed by atoms with E-state index in [0.29, 0.717) is 0 Å². The van der Waals surface area contributed by atoms with Crippen molar-refractivity contribution in [2.75, 3.05) is 5.43 Å². The molecule has 0 bridgehead atoms. The van der Waals surface area contributed by atoms with Crippen molar-refractivity contribution in [3.63, 3.8) is 0 Å². The maximum Gasteiger partial charge on any atom is 0.455 e. The van der Waals surface area contributed by atoms with E-state index in [-0.39, 0.29) is 16.9 Å². The summed E-state index contributed by atoms with van der Waals surface area (Å²) in [5, 5.41) is 2.84. The van der Waals surface area contributed by atoms with Gasteiger partial charge in [-0.25, -0.2) is 4.39 Å². The lowest BCUT2D eigenvalue weighted by molar-refractivity contribution is -0.162. The van der Waals surface area contributed by atoms with Crippen LogP contribution in [0.3, 0.4) is 0 Å². The van der Waals surface area contributed by atoms with Crippen molar-refractivity contribution in [2.45, 2.75) is 6.18 Å². The molecule has 0 radical (unpaired) electrons. The minimum absolute atomic E-state index is 0.0806. The Balaban J connectivity index is 2.65. The van der Waals surface area contributed by atoms with Crippen LogP contribution in [0.2, 0.25) is 5.02 Å². The standard InChI is InChI=1S/C9H5ClF4N2O/c10-6-3-5(1-2-7(6)11)16-15-4-8(17)9(12,13)14/h1-4,16H. The second-order valence-electron chi connectivity index (χ2n) is 2.86. The Labute approximate surface area is 98.1 Å². The van der Waals surface area contributed by atoms with E-state index in [1.807, 2.05) is 0 Å². The van der Waals surface area contributed by atoms with E-state index < -0.39 is 17.8 Å². The highest BCUT2D eigenvalue weighted by atomic mass is 35.5. The van der Waals surface area contributed by atoms with Gasteiger partial charge in [0, 0.05) is 0 Å². The number of benzene rings is 1. The van der Waals surface area contributed by atoms with Crippen LogP contribution in [0.25, 0.3) is 0 Å². The van der Waals surface area contributed by atoms with Crippen LogP contribution in [0.15, 0.2) is 23.3 Å². The molecule has 0 aliphatic rings. The number of rotatable bonds is 3. The van der Waals surface area contributed by atoms with Crippen molar-refractivity contribution in [1.29, 1.82) is 0 Å². The maximum atomic E-state index is 12.7. The smallest absolute Gasteiger partial charge is 0.283 e. The number of carbonyl (C=O) groups excluding carboxylic acids is 1. The number of hydrazone groups is 1. The van der Waals surface area contributed by atoms with Crippen LogP contribution in [-0.4, -0.2) is 18.2 Å². The topological polar surface area (TPSA) is 41.5 Å². The van der Waals surface area contributed by atoms with Gasteiger partial charge in [-0.3, -0.25) is 10.2 Å². The van der Waals surface area contributed by atoms with Crippen LogP contribution in [0.5, 0.6) is 0 Å². The van der Waals surface area contributed by atoms with Gasteiger partial charge >= 0.3 is 6.18 Å². The van der Waals surface area contributed by atoms with Gasteiger partial charge < -0.3 is 0 Å². The average molecular weight is 269 g/mol. The Bertz CT molecular complexity index is 459. The maximum absolute atomic E-state index is 12.7. The van der Waals surface area contributed by atoms with Crippen molar-refractivity contribution >= 4 is 29.3 Å². The molecule has 92 valence electrons. The average Bonchev–Trinajstić information content (AvgIpc) is 2.22. The van der Waals surface area contributed by atoms with E-state index in [0.717, 1.165) is 12.1 Å². The van der Waals surface area contributed by atoms with Gasteiger partial charge in [-0.15, -0.1) is 0 Å². The monoisotopic (exact) mass is 268 g/mol. The lowest BCUT2D eigenvalue weighted by Gasteiger charge is -2.02. The predicted octanol–water partition coefficient (Wildman–Crippen LogP) is 3.01. The van der Waals surface area contributed by atoms with E-state index in [9.17, 15) is 22.4 Å². The molecule has 1 aromatic rings. The lowest BCUT2D eigenvalue weighted by atomic mass is 10.3. The van der Waals surface area contributed by atoms with E-state index in [4.69, 9.17) is 11.6 Å². The summed E-state index contributed by atoms with van der Waals surface area (Å²) in [7, 11) is 0. The van der Waals surface area contributed by atoms with Crippen molar-refractivity contribution in [2.24, 2.45) is 5.10 Å². The zero-order chi connectivity index (χ0) is 13.1. The van der Waals surface area contributed by atoms with E-state index in [1.165, 1.54) is 6.07 Å². The van der Waals surface area contributed by atoms with Gasteiger partial charge in [-0.05, 0) is 18.2 Å². The van der Waals surface area contributed by atoms with Crippen LogP contribution in [0.1, 0.15) is 0 Å². The highest BCUT2D eigenvalue weighted by Crippen LogP contribution is 2.19. The highest BCUT2D eigenvalue weighted by Gasteiger charge is 2.36. The Morgan fingerprint density at radius 1 is 1.41 bits per heavy atom. The number of ketones is 1. The predicted molar refractivity (Wildman–Crippen MR) is 54.6 cm³/mol. The number of Topliss-reactive ketones (excluding diaryl/α,β-unsaturated/α-hetero) is 1. The summed E-state index contributed by atoms with van der Waals surface area (Å²) in [6.45, 7) is 0. The van der Waals surface area contributed by atoms with Gasteiger partial charge in [-0.2, -0.15) is 18.3 Å². The summed E-state index contributed by atoms with van der Waals surface area (Å²) in [6, 6.07) is 3.33. The Morgan fingerprint density at radius 3 is 2.59 bits per heavy atom.